The van der Waals surface area contributed by atoms with E-state index >= 15 is 0 Å². The van der Waals surface area contributed by atoms with Crippen LogP contribution >= 0.6 is 11.6 Å². The van der Waals surface area contributed by atoms with Crippen LogP contribution in [0.3, 0.4) is 0 Å². The van der Waals surface area contributed by atoms with Gasteiger partial charge in [-0.2, -0.15) is 0 Å². The largest absolute Gasteiger partial charge is 0.481 e. The highest BCUT2D eigenvalue weighted by Crippen LogP contribution is 2.31. The molecule has 1 aliphatic rings. The Bertz CT molecular complexity index is 1230. The van der Waals surface area contributed by atoms with Crippen LogP contribution in [0.25, 0.3) is 10.9 Å². The molecule has 1 aromatic heterocycles. The van der Waals surface area contributed by atoms with Gasteiger partial charge in [0, 0.05) is 37.1 Å². The summed E-state index contributed by atoms with van der Waals surface area (Å²) in [5, 5.41) is 23.7. The van der Waals surface area contributed by atoms with E-state index in [0.717, 1.165) is 36.1 Å². The van der Waals surface area contributed by atoms with Crippen LogP contribution < -0.4 is 5.32 Å². The second-order valence-electron chi connectivity index (χ2n) is 9.12. The van der Waals surface area contributed by atoms with E-state index < -0.39 is 17.9 Å². The van der Waals surface area contributed by atoms with E-state index in [1.165, 1.54) is 0 Å². The molecule has 0 spiro atoms. The Balaban J connectivity index is 1.57. The first-order chi connectivity index (χ1) is 17.3. The molecule has 0 saturated carbocycles. The van der Waals surface area contributed by atoms with Crippen molar-refractivity contribution < 1.29 is 24.5 Å². The minimum absolute atomic E-state index is 0.297. The van der Waals surface area contributed by atoms with Crippen molar-refractivity contribution in [1.29, 1.82) is 0 Å². The maximum atomic E-state index is 13.3. The van der Waals surface area contributed by atoms with Crippen molar-refractivity contribution in [3.05, 3.63) is 69.9 Å². The fourth-order valence-electron chi connectivity index (χ4n) is 4.84. The minimum atomic E-state index is -0.875. The third-order valence-electron chi connectivity index (χ3n) is 6.89. The number of nitrogens with zero attached hydrogens (tertiary/aromatic N) is 2. The predicted octanol–water partition coefficient (Wildman–Crippen LogP) is 3.71. The molecule has 36 heavy (non-hydrogen) atoms. The van der Waals surface area contributed by atoms with Crippen LogP contribution in [0.5, 0.6) is 0 Å². The van der Waals surface area contributed by atoms with Crippen molar-refractivity contribution in [2.45, 2.75) is 31.8 Å². The molecular weight excluding hydrogens is 482 g/mol. The van der Waals surface area contributed by atoms with Gasteiger partial charge in [0.2, 0.25) is 0 Å². The number of fused-ring (bicyclic) bond motifs is 1. The number of amides is 1. The first-order valence-electron chi connectivity index (χ1n) is 12.1. The van der Waals surface area contributed by atoms with Crippen LogP contribution in [-0.2, 0) is 23.1 Å². The molecule has 2 aromatic carbocycles. The van der Waals surface area contributed by atoms with Crippen LogP contribution in [0, 0.1) is 0 Å². The number of morpholine rings is 1. The average molecular weight is 514 g/mol. The molecule has 1 unspecified atom stereocenters. The summed E-state index contributed by atoms with van der Waals surface area (Å²) < 4.78 is 7.30. The second-order valence-corrected chi connectivity index (χ2v) is 9.53. The Labute approximate surface area is 215 Å². The van der Waals surface area contributed by atoms with Gasteiger partial charge in [0.25, 0.3) is 5.91 Å². The molecule has 9 heteroatoms. The zero-order valence-electron chi connectivity index (χ0n) is 20.5. The molecule has 0 radical (unpaired) electrons. The number of aliphatic carboxylic acids is 1. The van der Waals surface area contributed by atoms with Crippen molar-refractivity contribution >= 4 is 34.4 Å². The van der Waals surface area contributed by atoms with Gasteiger partial charge in [-0.05, 0) is 35.2 Å². The molecule has 3 N–H and O–H groups in total. The predicted molar refractivity (Wildman–Crippen MR) is 138 cm³/mol. The number of aromatic nitrogens is 1. The third-order valence-corrected chi connectivity index (χ3v) is 7.22. The van der Waals surface area contributed by atoms with Gasteiger partial charge in [-0.3, -0.25) is 14.5 Å². The number of hydrogen-bond donors (Lipinski definition) is 3. The van der Waals surface area contributed by atoms with E-state index in [0.29, 0.717) is 41.5 Å². The van der Waals surface area contributed by atoms with E-state index in [1.807, 2.05) is 30.7 Å². The standard InChI is InChI=1S/C27H32ClN3O5/c1-3-20(27(34)35)17-4-6-18(7-5-17)23(16-32)29-26(33)24-14-21-22(28)9-8-19(25(21)30(24)2)15-31-10-12-36-13-11-31/h4-9,14,20,23,32H,3,10-13,15-16H2,1-2H3,(H,29,33)(H,34,35)/t20?,23-/m1/s1. The smallest absolute Gasteiger partial charge is 0.310 e. The van der Waals surface area contributed by atoms with Crippen molar-refractivity contribution in [1.82, 2.24) is 14.8 Å². The number of aryl methyl sites for hydroxylation is 1. The summed E-state index contributed by atoms with van der Waals surface area (Å²) in [5.41, 5.74) is 3.81. The zero-order chi connectivity index (χ0) is 25.8. The summed E-state index contributed by atoms with van der Waals surface area (Å²) in [6.45, 7) is 5.37. The lowest BCUT2D eigenvalue weighted by molar-refractivity contribution is -0.138. The summed E-state index contributed by atoms with van der Waals surface area (Å²) in [6.07, 6.45) is 0.478. The summed E-state index contributed by atoms with van der Waals surface area (Å²) >= 11 is 6.50. The maximum absolute atomic E-state index is 13.3. The minimum Gasteiger partial charge on any atom is -0.481 e. The fourth-order valence-corrected chi connectivity index (χ4v) is 5.05. The van der Waals surface area contributed by atoms with Crippen LogP contribution in [0.2, 0.25) is 5.02 Å². The molecule has 0 bridgehead atoms. The SMILES string of the molecule is CCC(C(=O)O)c1ccc([C@@H](CO)NC(=O)c2cc3c(Cl)ccc(CN4CCOCC4)c3n2C)cc1. The number of rotatable bonds is 9. The van der Waals surface area contributed by atoms with Crippen molar-refractivity contribution in [2.75, 3.05) is 32.9 Å². The number of aliphatic hydroxyl groups is 1. The molecule has 3 aromatic rings. The first kappa shape index (κ1) is 26.2. The average Bonchev–Trinajstić information content (AvgIpc) is 3.24. The molecule has 1 amide bonds. The Kier molecular flexibility index (Phi) is 8.31. The van der Waals surface area contributed by atoms with E-state index in [-0.39, 0.29) is 12.5 Å². The Morgan fingerprint density at radius 3 is 2.39 bits per heavy atom. The molecule has 0 aliphatic carbocycles. The molecule has 1 saturated heterocycles. The molecule has 1 fully saturated rings. The molecule has 8 nitrogen and oxygen atoms in total. The highest BCUT2D eigenvalue weighted by Gasteiger charge is 2.23. The summed E-state index contributed by atoms with van der Waals surface area (Å²) in [7, 11) is 1.84. The maximum Gasteiger partial charge on any atom is 0.310 e. The topological polar surface area (TPSA) is 104 Å². The number of hydrogen-bond acceptors (Lipinski definition) is 5. The summed E-state index contributed by atoms with van der Waals surface area (Å²) in [5.74, 6) is -1.80. The Hall–Kier alpha value is -2.91. The van der Waals surface area contributed by atoms with Gasteiger partial charge in [0.05, 0.1) is 37.3 Å². The van der Waals surface area contributed by atoms with Crippen LogP contribution in [0.15, 0.2) is 42.5 Å². The van der Waals surface area contributed by atoms with E-state index in [9.17, 15) is 19.8 Å². The quantitative estimate of drug-likeness (QED) is 0.403. The highest BCUT2D eigenvalue weighted by molar-refractivity contribution is 6.35. The second kappa shape index (κ2) is 11.4. The number of nitrogens with one attached hydrogen (secondary N) is 1. The van der Waals surface area contributed by atoms with E-state index in [1.54, 1.807) is 30.3 Å². The van der Waals surface area contributed by atoms with Gasteiger partial charge in [0.15, 0.2) is 0 Å². The van der Waals surface area contributed by atoms with Gasteiger partial charge >= 0.3 is 5.97 Å². The van der Waals surface area contributed by atoms with Crippen LogP contribution in [0.4, 0.5) is 0 Å². The normalized spacial score (nSPS) is 16.1. The number of carboxylic acids is 1. The monoisotopic (exact) mass is 513 g/mol. The van der Waals surface area contributed by atoms with E-state index in [2.05, 4.69) is 10.2 Å². The van der Waals surface area contributed by atoms with Gasteiger partial charge in [-0.15, -0.1) is 0 Å². The van der Waals surface area contributed by atoms with E-state index in [4.69, 9.17) is 16.3 Å². The number of aliphatic hydroxyl groups excluding tert-OH is 1. The molecule has 2 heterocycles. The van der Waals surface area contributed by atoms with Crippen molar-refractivity contribution in [3.8, 4) is 0 Å². The lowest BCUT2D eigenvalue weighted by Crippen LogP contribution is -2.35. The number of carboxylic acid groups (broad SMARTS) is 1. The number of ether oxygens (including phenoxy) is 1. The van der Waals surface area contributed by atoms with Crippen molar-refractivity contribution in [3.63, 3.8) is 0 Å². The molecule has 4 rings (SSSR count). The van der Waals surface area contributed by atoms with Crippen LogP contribution in [0.1, 0.15) is 52.5 Å². The van der Waals surface area contributed by atoms with Crippen LogP contribution in [-0.4, -0.2) is 64.5 Å². The zero-order valence-corrected chi connectivity index (χ0v) is 21.3. The molecule has 1 aliphatic heterocycles. The first-order valence-corrected chi connectivity index (χ1v) is 12.5. The molecular formula is C27H32ClN3O5. The van der Waals surface area contributed by atoms with Gasteiger partial charge in [-0.1, -0.05) is 48.9 Å². The Morgan fingerprint density at radius 1 is 1.11 bits per heavy atom. The summed E-state index contributed by atoms with van der Waals surface area (Å²) in [4.78, 5) is 27.1. The van der Waals surface area contributed by atoms with Gasteiger partial charge < -0.3 is 24.8 Å². The number of carbonyl (C=O) groups excluding carboxylic acids is 1. The number of halogens is 1. The fraction of sp³-hybridized carbons (Fsp3) is 0.407. The molecule has 192 valence electrons. The third kappa shape index (κ3) is 5.42. The van der Waals surface area contributed by atoms with Gasteiger partial charge in [-0.25, -0.2) is 0 Å². The number of benzene rings is 2. The summed E-state index contributed by atoms with van der Waals surface area (Å²) in [6, 6.07) is 12.0. The number of carbonyl (C=O) groups is 2. The lowest BCUT2D eigenvalue weighted by atomic mass is 9.94. The highest BCUT2D eigenvalue weighted by atomic mass is 35.5. The Morgan fingerprint density at radius 2 is 1.78 bits per heavy atom. The van der Waals surface area contributed by atoms with Gasteiger partial charge in [0.1, 0.15) is 5.69 Å². The molecule has 2 atom stereocenters. The van der Waals surface area contributed by atoms with Crippen molar-refractivity contribution in [2.24, 2.45) is 7.05 Å². The lowest BCUT2D eigenvalue weighted by Gasteiger charge is -2.27.